The van der Waals surface area contributed by atoms with Gasteiger partial charge in [0.15, 0.2) is 5.82 Å². The van der Waals surface area contributed by atoms with Gasteiger partial charge < -0.3 is 10.6 Å². The van der Waals surface area contributed by atoms with Gasteiger partial charge in [0.25, 0.3) is 11.8 Å². The molecule has 2 aromatic heterocycles. The lowest BCUT2D eigenvalue weighted by atomic mass is 10.0. The van der Waals surface area contributed by atoms with Gasteiger partial charge in [0.2, 0.25) is 0 Å². The predicted octanol–water partition coefficient (Wildman–Crippen LogP) is 2.68. The van der Waals surface area contributed by atoms with Crippen LogP contribution in [0.1, 0.15) is 51.7 Å². The Labute approximate surface area is 163 Å². The summed E-state index contributed by atoms with van der Waals surface area (Å²) >= 11 is 0. The molecule has 0 fully saturated rings. The van der Waals surface area contributed by atoms with Crippen molar-refractivity contribution in [2.75, 3.05) is 7.05 Å². The highest BCUT2D eigenvalue weighted by atomic mass is 16.2. The van der Waals surface area contributed by atoms with Gasteiger partial charge in [-0.15, -0.1) is 0 Å². The standard InChI is InChI=1S/C21H23N5O2/c1-14(2)19-17(13-25-26(19)18-9-4-5-10-23-18)21(28)24-12-15-7-6-8-16(11-15)20(27)22-3/h4-11,13-14H,12H2,1-3H3,(H,22,27)(H,24,28). The van der Waals surface area contributed by atoms with Crippen molar-refractivity contribution in [3.05, 3.63) is 77.2 Å². The van der Waals surface area contributed by atoms with Crippen LogP contribution in [-0.2, 0) is 6.54 Å². The van der Waals surface area contributed by atoms with Gasteiger partial charge in [-0.2, -0.15) is 5.10 Å². The van der Waals surface area contributed by atoms with Gasteiger partial charge in [-0.3, -0.25) is 9.59 Å². The van der Waals surface area contributed by atoms with E-state index in [1.54, 1.807) is 42.3 Å². The van der Waals surface area contributed by atoms with Crippen molar-refractivity contribution in [1.82, 2.24) is 25.4 Å². The first kappa shape index (κ1) is 19.3. The number of carbonyl (C=O) groups excluding carboxylic acids is 2. The van der Waals surface area contributed by atoms with E-state index in [2.05, 4.69) is 20.7 Å². The largest absolute Gasteiger partial charge is 0.355 e. The minimum atomic E-state index is -0.212. The van der Waals surface area contributed by atoms with Crippen molar-refractivity contribution >= 4 is 11.8 Å². The van der Waals surface area contributed by atoms with E-state index in [9.17, 15) is 9.59 Å². The fraction of sp³-hybridized carbons (Fsp3) is 0.238. The van der Waals surface area contributed by atoms with Crippen LogP contribution >= 0.6 is 0 Å². The first-order chi connectivity index (χ1) is 13.5. The molecule has 0 aliphatic rings. The second-order valence-corrected chi connectivity index (χ2v) is 6.66. The van der Waals surface area contributed by atoms with Crippen molar-refractivity contribution < 1.29 is 9.59 Å². The molecule has 0 radical (unpaired) electrons. The zero-order valence-corrected chi connectivity index (χ0v) is 16.1. The van der Waals surface area contributed by atoms with Crippen LogP contribution in [0.3, 0.4) is 0 Å². The summed E-state index contributed by atoms with van der Waals surface area (Å²) in [5.74, 6) is 0.383. The maximum absolute atomic E-state index is 12.8. The molecule has 0 atom stereocenters. The molecular weight excluding hydrogens is 354 g/mol. The molecule has 3 rings (SSSR count). The van der Waals surface area contributed by atoms with Gasteiger partial charge in [0.1, 0.15) is 0 Å². The van der Waals surface area contributed by atoms with Crippen LogP contribution in [0.25, 0.3) is 5.82 Å². The maximum Gasteiger partial charge on any atom is 0.255 e. The van der Waals surface area contributed by atoms with Crippen molar-refractivity contribution in [1.29, 1.82) is 0 Å². The van der Waals surface area contributed by atoms with Gasteiger partial charge in [0.05, 0.1) is 17.5 Å². The Morgan fingerprint density at radius 1 is 1.11 bits per heavy atom. The molecule has 1 aromatic carbocycles. The molecule has 0 spiro atoms. The summed E-state index contributed by atoms with van der Waals surface area (Å²) in [6.45, 7) is 4.34. The maximum atomic E-state index is 12.8. The Balaban J connectivity index is 1.80. The molecule has 2 heterocycles. The van der Waals surface area contributed by atoms with E-state index in [4.69, 9.17) is 0 Å². The Hall–Kier alpha value is -3.48. The smallest absolute Gasteiger partial charge is 0.255 e. The summed E-state index contributed by atoms with van der Waals surface area (Å²) in [5.41, 5.74) is 2.72. The molecule has 0 saturated carbocycles. The van der Waals surface area contributed by atoms with E-state index in [-0.39, 0.29) is 17.7 Å². The molecule has 0 bridgehead atoms. The fourth-order valence-electron chi connectivity index (χ4n) is 2.99. The minimum Gasteiger partial charge on any atom is -0.355 e. The summed E-state index contributed by atoms with van der Waals surface area (Å²) in [6, 6.07) is 12.7. The number of hydrogen-bond acceptors (Lipinski definition) is 4. The van der Waals surface area contributed by atoms with E-state index >= 15 is 0 Å². The monoisotopic (exact) mass is 377 g/mol. The van der Waals surface area contributed by atoms with Crippen LogP contribution in [0, 0.1) is 0 Å². The summed E-state index contributed by atoms with van der Waals surface area (Å²) < 4.78 is 1.70. The zero-order chi connectivity index (χ0) is 20.1. The van der Waals surface area contributed by atoms with Crippen LogP contribution in [0.4, 0.5) is 0 Å². The van der Waals surface area contributed by atoms with Crippen molar-refractivity contribution in [3.8, 4) is 5.82 Å². The number of amides is 2. The molecule has 0 unspecified atom stereocenters. The van der Waals surface area contributed by atoms with Crippen molar-refractivity contribution in [2.45, 2.75) is 26.3 Å². The lowest BCUT2D eigenvalue weighted by Gasteiger charge is -2.12. The predicted molar refractivity (Wildman–Crippen MR) is 106 cm³/mol. The van der Waals surface area contributed by atoms with Gasteiger partial charge in [-0.25, -0.2) is 9.67 Å². The highest BCUT2D eigenvalue weighted by Gasteiger charge is 2.21. The molecule has 7 nitrogen and oxygen atoms in total. The van der Waals surface area contributed by atoms with Gasteiger partial charge in [0, 0.05) is 25.4 Å². The average Bonchev–Trinajstić information content (AvgIpc) is 3.18. The third-order valence-corrected chi connectivity index (χ3v) is 4.33. The summed E-state index contributed by atoms with van der Waals surface area (Å²) in [4.78, 5) is 28.9. The highest BCUT2D eigenvalue weighted by molar-refractivity contribution is 5.96. The SMILES string of the molecule is CNC(=O)c1cccc(CNC(=O)c2cnn(-c3ccccn3)c2C(C)C)c1. The van der Waals surface area contributed by atoms with Crippen molar-refractivity contribution in [3.63, 3.8) is 0 Å². The molecule has 0 saturated heterocycles. The summed E-state index contributed by atoms with van der Waals surface area (Å²) in [5, 5.41) is 9.88. The molecule has 7 heteroatoms. The third-order valence-electron chi connectivity index (χ3n) is 4.33. The van der Waals surface area contributed by atoms with Gasteiger partial charge in [-0.1, -0.05) is 32.0 Å². The number of hydrogen-bond donors (Lipinski definition) is 2. The minimum absolute atomic E-state index is 0.0850. The van der Waals surface area contributed by atoms with Crippen molar-refractivity contribution in [2.24, 2.45) is 0 Å². The van der Waals surface area contributed by atoms with E-state index < -0.39 is 0 Å². The lowest BCUT2D eigenvalue weighted by Crippen LogP contribution is -2.24. The lowest BCUT2D eigenvalue weighted by molar-refractivity contribution is 0.0947. The van der Waals surface area contributed by atoms with Gasteiger partial charge in [-0.05, 0) is 35.7 Å². The molecule has 0 aliphatic carbocycles. The topological polar surface area (TPSA) is 88.9 Å². The molecule has 3 aromatic rings. The van der Waals surface area contributed by atoms with Gasteiger partial charge >= 0.3 is 0 Å². The molecule has 28 heavy (non-hydrogen) atoms. The number of rotatable bonds is 6. The molecule has 144 valence electrons. The zero-order valence-electron chi connectivity index (χ0n) is 16.1. The van der Waals surface area contributed by atoms with Crippen LogP contribution in [-0.4, -0.2) is 33.6 Å². The van der Waals surface area contributed by atoms with E-state index in [0.717, 1.165) is 11.3 Å². The number of nitrogens with one attached hydrogen (secondary N) is 2. The highest BCUT2D eigenvalue weighted by Crippen LogP contribution is 2.22. The van der Waals surface area contributed by atoms with E-state index in [1.807, 2.05) is 38.1 Å². The number of nitrogens with zero attached hydrogens (tertiary/aromatic N) is 3. The second kappa shape index (κ2) is 8.47. The quantitative estimate of drug-likeness (QED) is 0.691. The average molecular weight is 377 g/mol. The molecule has 2 N–H and O–H groups in total. The third kappa shape index (κ3) is 4.09. The number of benzene rings is 1. The van der Waals surface area contributed by atoms with Crippen LogP contribution in [0.5, 0.6) is 0 Å². The second-order valence-electron chi connectivity index (χ2n) is 6.66. The van der Waals surface area contributed by atoms with Crippen LogP contribution in [0.15, 0.2) is 54.9 Å². The van der Waals surface area contributed by atoms with E-state index in [0.29, 0.717) is 23.5 Å². The molecule has 2 amide bonds. The Morgan fingerprint density at radius 3 is 2.61 bits per heavy atom. The number of aromatic nitrogens is 3. The van der Waals surface area contributed by atoms with E-state index in [1.165, 1.54) is 0 Å². The summed E-state index contributed by atoms with van der Waals surface area (Å²) in [6.07, 6.45) is 3.26. The Bertz CT molecular complexity index is 979. The molecule has 0 aliphatic heterocycles. The fourth-order valence-corrected chi connectivity index (χ4v) is 2.99. The van der Waals surface area contributed by atoms with Crippen LogP contribution < -0.4 is 10.6 Å². The number of carbonyl (C=O) groups is 2. The first-order valence-corrected chi connectivity index (χ1v) is 9.09. The number of pyridine rings is 1. The Kier molecular flexibility index (Phi) is 5.84. The first-order valence-electron chi connectivity index (χ1n) is 9.09. The van der Waals surface area contributed by atoms with Crippen LogP contribution in [0.2, 0.25) is 0 Å². The summed E-state index contributed by atoms with van der Waals surface area (Å²) in [7, 11) is 1.59. The molecular formula is C21H23N5O2. The normalized spacial score (nSPS) is 10.7. The Morgan fingerprint density at radius 2 is 1.93 bits per heavy atom.